The van der Waals surface area contributed by atoms with E-state index in [1.165, 1.54) is 11.3 Å². The van der Waals surface area contributed by atoms with Crippen molar-refractivity contribution >= 4 is 40.4 Å². The van der Waals surface area contributed by atoms with Gasteiger partial charge in [-0.15, -0.1) is 22.9 Å². The molecule has 84 valence electrons. The number of carbonyl (C=O) groups is 1. The van der Waals surface area contributed by atoms with Gasteiger partial charge >= 0.3 is 0 Å². The van der Waals surface area contributed by atoms with Crippen LogP contribution in [0.3, 0.4) is 0 Å². The highest BCUT2D eigenvalue weighted by molar-refractivity contribution is 7.18. The predicted octanol–water partition coefficient (Wildman–Crippen LogP) is 3.54. The molecule has 0 aliphatic rings. The van der Waals surface area contributed by atoms with Crippen molar-refractivity contribution in [1.29, 1.82) is 0 Å². The molecule has 1 aromatic rings. The van der Waals surface area contributed by atoms with E-state index in [-0.39, 0.29) is 11.4 Å². The zero-order valence-electron chi connectivity index (χ0n) is 8.64. The molecule has 0 fully saturated rings. The molecule has 2 nitrogen and oxygen atoms in total. The summed E-state index contributed by atoms with van der Waals surface area (Å²) in [4.78, 5) is 12.4. The van der Waals surface area contributed by atoms with Crippen LogP contribution in [-0.2, 0) is 0 Å². The largest absolute Gasteiger partial charge is 0.345 e. The Morgan fingerprint density at radius 1 is 1.60 bits per heavy atom. The maximum absolute atomic E-state index is 11.8. The number of nitrogens with one attached hydrogen (secondary N) is 1. The van der Waals surface area contributed by atoms with Crippen molar-refractivity contribution in [2.75, 3.05) is 5.88 Å². The molecule has 0 saturated carbocycles. The highest BCUT2D eigenvalue weighted by atomic mass is 35.5. The number of carbonyl (C=O) groups excluding carboxylic acids is 1. The maximum atomic E-state index is 11.8. The highest BCUT2D eigenvalue weighted by Gasteiger charge is 2.24. The zero-order chi connectivity index (χ0) is 11.5. The van der Waals surface area contributed by atoms with Crippen molar-refractivity contribution in [2.24, 2.45) is 0 Å². The first-order valence-electron chi connectivity index (χ1n) is 4.64. The Morgan fingerprint density at radius 2 is 2.27 bits per heavy atom. The van der Waals surface area contributed by atoms with Crippen LogP contribution in [0.2, 0.25) is 4.34 Å². The molecule has 15 heavy (non-hydrogen) atoms. The summed E-state index contributed by atoms with van der Waals surface area (Å²) in [6.45, 7) is 3.91. The first kappa shape index (κ1) is 12.8. The van der Waals surface area contributed by atoms with Gasteiger partial charge in [-0.1, -0.05) is 18.5 Å². The molecular formula is C10H13Cl2NOS. The smallest absolute Gasteiger partial charge is 0.261 e. The predicted molar refractivity (Wildman–Crippen MR) is 66.2 cm³/mol. The number of alkyl halides is 1. The Balaban J connectivity index is 2.71. The molecule has 1 atom stereocenters. The number of hydrogen-bond acceptors (Lipinski definition) is 2. The van der Waals surface area contributed by atoms with E-state index in [1.807, 2.05) is 13.8 Å². The number of rotatable bonds is 4. The standard InChI is InChI=1S/C10H13Cl2NOS/c1-3-10(2,6-11)13-9(14)7-4-5-8(12)15-7/h4-5H,3,6H2,1-2H3,(H,13,14). The van der Waals surface area contributed by atoms with Gasteiger partial charge < -0.3 is 5.32 Å². The molecule has 0 aromatic carbocycles. The van der Waals surface area contributed by atoms with E-state index in [0.29, 0.717) is 15.1 Å². The fourth-order valence-electron chi connectivity index (χ4n) is 0.988. The fraction of sp³-hybridized carbons (Fsp3) is 0.500. The Hall–Kier alpha value is -0.250. The van der Waals surface area contributed by atoms with E-state index in [2.05, 4.69) is 5.32 Å². The summed E-state index contributed by atoms with van der Waals surface area (Å²) in [5, 5.41) is 2.90. The number of thiophene rings is 1. The normalized spacial score (nSPS) is 14.7. The molecule has 0 spiro atoms. The molecule has 0 saturated heterocycles. The summed E-state index contributed by atoms with van der Waals surface area (Å²) in [5.74, 6) is 0.283. The first-order chi connectivity index (χ1) is 7.00. The third-order valence-electron chi connectivity index (χ3n) is 2.29. The summed E-state index contributed by atoms with van der Waals surface area (Å²) in [7, 11) is 0. The SMILES string of the molecule is CCC(C)(CCl)NC(=O)c1ccc(Cl)s1. The minimum atomic E-state index is -0.352. The van der Waals surface area contributed by atoms with Gasteiger partial charge in [-0.25, -0.2) is 0 Å². The lowest BCUT2D eigenvalue weighted by atomic mass is 10.0. The quantitative estimate of drug-likeness (QED) is 0.830. The molecule has 0 bridgehead atoms. The van der Waals surface area contributed by atoms with E-state index >= 15 is 0 Å². The van der Waals surface area contributed by atoms with E-state index in [9.17, 15) is 4.79 Å². The van der Waals surface area contributed by atoms with E-state index < -0.39 is 0 Å². The summed E-state index contributed by atoms with van der Waals surface area (Å²) < 4.78 is 0.615. The average Bonchev–Trinajstić information content (AvgIpc) is 2.65. The van der Waals surface area contributed by atoms with Crippen LogP contribution in [0.15, 0.2) is 12.1 Å². The van der Waals surface area contributed by atoms with Crippen molar-refractivity contribution in [3.05, 3.63) is 21.3 Å². The van der Waals surface area contributed by atoms with Crippen molar-refractivity contribution in [2.45, 2.75) is 25.8 Å². The third kappa shape index (κ3) is 3.37. The Labute approximate surface area is 104 Å². The minimum absolute atomic E-state index is 0.114. The van der Waals surface area contributed by atoms with Crippen molar-refractivity contribution in [3.8, 4) is 0 Å². The second-order valence-electron chi connectivity index (χ2n) is 3.61. The summed E-state index contributed by atoms with van der Waals surface area (Å²) in [6, 6.07) is 3.43. The molecule has 1 heterocycles. The van der Waals surface area contributed by atoms with Crippen LogP contribution in [-0.4, -0.2) is 17.3 Å². The van der Waals surface area contributed by atoms with Gasteiger partial charge in [-0.05, 0) is 25.5 Å². The second-order valence-corrected chi connectivity index (χ2v) is 5.59. The number of amides is 1. The van der Waals surface area contributed by atoms with E-state index in [4.69, 9.17) is 23.2 Å². The van der Waals surface area contributed by atoms with Gasteiger partial charge in [0.2, 0.25) is 0 Å². The van der Waals surface area contributed by atoms with Crippen molar-refractivity contribution < 1.29 is 4.79 Å². The Kier molecular flexibility index (Phi) is 4.44. The highest BCUT2D eigenvalue weighted by Crippen LogP contribution is 2.22. The molecule has 1 N–H and O–H groups in total. The third-order valence-corrected chi connectivity index (χ3v) is 4.11. The molecule has 0 aliphatic heterocycles. The van der Waals surface area contributed by atoms with Gasteiger partial charge in [-0.3, -0.25) is 4.79 Å². The zero-order valence-corrected chi connectivity index (χ0v) is 11.0. The molecule has 1 unspecified atom stereocenters. The Morgan fingerprint density at radius 3 is 2.67 bits per heavy atom. The van der Waals surface area contributed by atoms with Crippen molar-refractivity contribution in [3.63, 3.8) is 0 Å². The van der Waals surface area contributed by atoms with Gasteiger partial charge in [-0.2, -0.15) is 0 Å². The van der Waals surface area contributed by atoms with Gasteiger partial charge in [0.05, 0.1) is 14.8 Å². The van der Waals surface area contributed by atoms with Crippen LogP contribution in [0.25, 0.3) is 0 Å². The van der Waals surface area contributed by atoms with Gasteiger partial charge in [0.25, 0.3) is 5.91 Å². The number of halogens is 2. The van der Waals surface area contributed by atoms with Gasteiger partial charge in [0, 0.05) is 5.88 Å². The molecule has 1 amide bonds. The van der Waals surface area contributed by atoms with Crippen LogP contribution in [0.4, 0.5) is 0 Å². The maximum Gasteiger partial charge on any atom is 0.261 e. The van der Waals surface area contributed by atoms with Crippen LogP contribution < -0.4 is 5.32 Å². The second kappa shape index (κ2) is 5.19. The summed E-state index contributed by atoms with van der Waals surface area (Å²) >= 11 is 12.8. The molecule has 1 rings (SSSR count). The average molecular weight is 266 g/mol. The number of hydrogen-bond donors (Lipinski definition) is 1. The Bertz CT molecular complexity index is 347. The molecule has 1 aromatic heterocycles. The topological polar surface area (TPSA) is 29.1 Å². The lowest BCUT2D eigenvalue weighted by molar-refractivity contribution is 0.0916. The fourth-order valence-corrected chi connectivity index (χ4v) is 2.18. The minimum Gasteiger partial charge on any atom is -0.345 e. The monoisotopic (exact) mass is 265 g/mol. The molecule has 0 aliphatic carbocycles. The summed E-state index contributed by atoms with van der Waals surface area (Å²) in [5.41, 5.74) is -0.352. The lowest BCUT2D eigenvalue weighted by Crippen LogP contribution is -2.46. The molecule has 0 radical (unpaired) electrons. The first-order valence-corrected chi connectivity index (χ1v) is 6.37. The molecule has 5 heteroatoms. The van der Waals surface area contributed by atoms with Gasteiger partial charge in [0.15, 0.2) is 0 Å². The lowest BCUT2D eigenvalue weighted by Gasteiger charge is -2.26. The van der Waals surface area contributed by atoms with Crippen LogP contribution in [0, 0.1) is 0 Å². The van der Waals surface area contributed by atoms with Crippen molar-refractivity contribution in [1.82, 2.24) is 5.32 Å². The molecular weight excluding hydrogens is 253 g/mol. The van der Waals surface area contributed by atoms with E-state index in [1.54, 1.807) is 12.1 Å². The van der Waals surface area contributed by atoms with E-state index in [0.717, 1.165) is 6.42 Å². The summed E-state index contributed by atoms with van der Waals surface area (Å²) in [6.07, 6.45) is 0.793. The van der Waals surface area contributed by atoms with Crippen LogP contribution in [0.1, 0.15) is 29.9 Å². The van der Waals surface area contributed by atoms with Crippen LogP contribution in [0.5, 0.6) is 0 Å². The van der Waals surface area contributed by atoms with Gasteiger partial charge in [0.1, 0.15) is 0 Å². The van der Waals surface area contributed by atoms with Crippen LogP contribution >= 0.6 is 34.5 Å².